The zero-order valence-corrected chi connectivity index (χ0v) is 16.7. The Hall–Kier alpha value is -2.44. The van der Waals surface area contributed by atoms with Gasteiger partial charge in [0.15, 0.2) is 0 Å². The summed E-state index contributed by atoms with van der Waals surface area (Å²) in [5.74, 6) is -0.629. The Balaban J connectivity index is 1.99. The molecular weight excluding hydrogens is 384 g/mol. The molecule has 0 fully saturated rings. The number of benzene rings is 2. The zero-order valence-electron chi connectivity index (χ0n) is 15.2. The summed E-state index contributed by atoms with van der Waals surface area (Å²) in [5, 5.41) is 0.830. The maximum Gasteiger partial charge on any atom is 0.266 e. The molecule has 7 heteroatoms. The molecule has 140 valence electrons. The maximum absolute atomic E-state index is 12.9. The van der Waals surface area contributed by atoms with Crippen molar-refractivity contribution in [2.45, 2.75) is 31.1 Å². The number of aromatic nitrogens is 1. The van der Waals surface area contributed by atoms with Crippen molar-refractivity contribution in [1.82, 2.24) is 9.71 Å². The Morgan fingerprint density at radius 1 is 1.11 bits per heavy atom. The van der Waals surface area contributed by atoms with Crippen molar-refractivity contribution in [2.24, 2.45) is 0 Å². The number of amides is 1. The van der Waals surface area contributed by atoms with E-state index in [1.807, 2.05) is 31.2 Å². The molecule has 27 heavy (non-hydrogen) atoms. The van der Waals surface area contributed by atoms with Crippen molar-refractivity contribution in [3.63, 3.8) is 0 Å². The second-order valence-corrected chi connectivity index (χ2v) is 8.99. The monoisotopic (exact) mass is 402 g/mol. The summed E-state index contributed by atoms with van der Waals surface area (Å²) in [6, 6.07) is 13.7. The van der Waals surface area contributed by atoms with Crippen LogP contribution in [-0.2, 0) is 20.2 Å². The molecule has 3 aromatic rings. The van der Waals surface area contributed by atoms with Gasteiger partial charge < -0.3 is 0 Å². The number of aryl methyl sites for hydroxylation is 1. The second kappa shape index (κ2) is 6.94. The van der Waals surface area contributed by atoms with Crippen LogP contribution in [0.25, 0.3) is 10.9 Å². The molecule has 1 aromatic heterocycles. The summed E-state index contributed by atoms with van der Waals surface area (Å²) < 4.78 is 28.0. The van der Waals surface area contributed by atoms with E-state index in [0.717, 1.165) is 11.1 Å². The number of nitrogens with zero attached hydrogens (tertiary/aromatic N) is 1. The van der Waals surface area contributed by atoms with Gasteiger partial charge in [0.2, 0.25) is 5.91 Å². The minimum Gasteiger partial charge on any atom is -0.273 e. The minimum absolute atomic E-state index is 0.126. The predicted octanol–water partition coefficient (Wildman–Crippen LogP) is 3.98. The molecule has 1 amide bonds. The van der Waals surface area contributed by atoms with Crippen LogP contribution in [0, 0.1) is 6.92 Å². The minimum atomic E-state index is -4.15. The molecule has 0 unspecified atom stereocenters. The first-order chi connectivity index (χ1) is 12.6. The van der Waals surface area contributed by atoms with Crippen LogP contribution in [-0.4, -0.2) is 19.3 Å². The van der Waals surface area contributed by atoms with Crippen LogP contribution in [0.3, 0.4) is 0 Å². The highest BCUT2D eigenvalue weighted by atomic mass is 35.5. The van der Waals surface area contributed by atoms with Gasteiger partial charge in [0.05, 0.1) is 10.9 Å². The van der Waals surface area contributed by atoms with Crippen molar-refractivity contribution in [2.75, 3.05) is 0 Å². The molecular formula is C20H19ClN2O3S. The normalized spacial score (nSPS) is 12.1. The van der Waals surface area contributed by atoms with Crippen molar-refractivity contribution in [3.05, 3.63) is 70.9 Å². The molecule has 1 N–H and O–H groups in total. The first kappa shape index (κ1) is 19.3. The van der Waals surface area contributed by atoms with Gasteiger partial charge in [-0.25, -0.2) is 13.1 Å². The number of fused-ring (bicyclic) bond motifs is 1. The lowest BCUT2D eigenvalue weighted by atomic mass is 9.84. The fourth-order valence-electron chi connectivity index (χ4n) is 2.73. The molecule has 0 aliphatic carbocycles. The average molecular weight is 403 g/mol. The van der Waals surface area contributed by atoms with Gasteiger partial charge in [-0.1, -0.05) is 47.5 Å². The quantitative estimate of drug-likeness (QED) is 0.716. The number of hydrogen-bond acceptors (Lipinski definition) is 4. The molecule has 3 rings (SSSR count). The van der Waals surface area contributed by atoms with Crippen molar-refractivity contribution < 1.29 is 13.2 Å². The summed E-state index contributed by atoms with van der Waals surface area (Å²) in [7, 11) is -4.15. The van der Waals surface area contributed by atoms with Crippen LogP contribution in [0.15, 0.2) is 59.6 Å². The average Bonchev–Trinajstić information content (AvgIpc) is 2.61. The van der Waals surface area contributed by atoms with Gasteiger partial charge in [0.1, 0.15) is 4.90 Å². The van der Waals surface area contributed by atoms with Gasteiger partial charge in [0.25, 0.3) is 10.0 Å². The number of hydrogen-bond donors (Lipinski definition) is 1. The number of rotatable bonds is 4. The number of pyridine rings is 1. The van der Waals surface area contributed by atoms with E-state index in [4.69, 9.17) is 11.6 Å². The molecule has 0 aliphatic rings. The number of nitrogens with one attached hydrogen (secondary N) is 1. The summed E-state index contributed by atoms with van der Waals surface area (Å²) in [6.45, 7) is 5.30. The van der Waals surface area contributed by atoms with E-state index in [9.17, 15) is 13.2 Å². The van der Waals surface area contributed by atoms with Crippen molar-refractivity contribution in [3.8, 4) is 0 Å². The number of halogens is 1. The summed E-state index contributed by atoms with van der Waals surface area (Å²) >= 11 is 6.06. The SMILES string of the molecule is Cc1ccc(C(C)(C)C(=O)NS(=O)(=O)c2cc(Cl)cc3cccnc23)cc1. The summed E-state index contributed by atoms with van der Waals surface area (Å²) in [6.07, 6.45) is 1.49. The fourth-order valence-corrected chi connectivity index (χ4v) is 4.34. The number of carbonyl (C=O) groups excluding carboxylic acids is 1. The fraction of sp³-hybridized carbons (Fsp3) is 0.200. The van der Waals surface area contributed by atoms with Crippen LogP contribution in [0.2, 0.25) is 5.02 Å². The Morgan fingerprint density at radius 2 is 1.78 bits per heavy atom. The van der Waals surface area contributed by atoms with Gasteiger partial charge >= 0.3 is 0 Å². The van der Waals surface area contributed by atoms with E-state index in [1.54, 1.807) is 32.0 Å². The smallest absolute Gasteiger partial charge is 0.266 e. The van der Waals surface area contributed by atoms with Gasteiger partial charge in [0, 0.05) is 16.6 Å². The lowest BCUT2D eigenvalue weighted by molar-refractivity contribution is -0.123. The molecule has 0 saturated carbocycles. The lowest BCUT2D eigenvalue weighted by Crippen LogP contribution is -2.43. The molecule has 0 radical (unpaired) electrons. The highest BCUT2D eigenvalue weighted by molar-refractivity contribution is 7.90. The van der Waals surface area contributed by atoms with E-state index in [0.29, 0.717) is 5.39 Å². The van der Waals surface area contributed by atoms with E-state index in [2.05, 4.69) is 9.71 Å². The van der Waals surface area contributed by atoms with Crippen LogP contribution in [0.4, 0.5) is 0 Å². The summed E-state index contributed by atoms with van der Waals surface area (Å²) in [4.78, 5) is 16.8. The third-order valence-electron chi connectivity index (χ3n) is 4.49. The first-order valence-corrected chi connectivity index (χ1v) is 10.2. The molecule has 2 aromatic carbocycles. The second-order valence-electron chi connectivity index (χ2n) is 6.90. The topological polar surface area (TPSA) is 76.1 Å². The highest BCUT2D eigenvalue weighted by Crippen LogP contribution is 2.28. The lowest BCUT2D eigenvalue weighted by Gasteiger charge is -2.24. The first-order valence-electron chi connectivity index (χ1n) is 8.30. The van der Waals surface area contributed by atoms with Crippen LogP contribution < -0.4 is 4.72 Å². The largest absolute Gasteiger partial charge is 0.273 e. The van der Waals surface area contributed by atoms with E-state index in [-0.39, 0.29) is 15.4 Å². The van der Waals surface area contributed by atoms with Crippen LogP contribution >= 0.6 is 11.6 Å². The Labute approximate surface area is 163 Å². The molecule has 0 aliphatic heterocycles. The highest BCUT2D eigenvalue weighted by Gasteiger charge is 2.33. The standard InChI is InChI=1S/C20H19ClN2O3S/c1-13-6-8-15(9-7-13)20(2,3)19(24)23-27(25,26)17-12-16(21)11-14-5-4-10-22-18(14)17/h4-12H,1-3H3,(H,23,24). The predicted molar refractivity (Wildman–Crippen MR) is 106 cm³/mol. The molecule has 0 saturated heterocycles. The molecule has 5 nitrogen and oxygen atoms in total. The molecule has 1 heterocycles. The van der Waals surface area contributed by atoms with Gasteiger partial charge in [-0.05, 0) is 44.5 Å². The van der Waals surface area contributed by atoms with E-state index < -0.39 is 21.3 Å². The van der Waals surface area contributed by atoms with Gasteiger partial charge in [-0.3, -0.25) is 9.78 Å². The Bertz CT molecular complexity index is 1120. The van der Waals surface area contributed by atoms with Crippen molar-refractivity contribution in [1.29, 1.82) is 0 Å². The molecule has 0 bridgehead atoms. The third kappa shape index (κ3) is 3.82. The Morgan fingerprint density at radius 3 is 2.44 bits per heavy atom. The van der Waals surface area contributed by atoms with Crippen molar-refractivity contribution >= 4 is 38.4 Å². The van der Waals surface area contributed by atoms with Gasteiger partial charge in [-0.2, -0.15) is 0 Å². The maximum atomic E-state index is 12.9. The number of carbonyl (C=O) groups is 1. The third-order valence-corrected chi connectivity index (χ3v) is 6.05. The zero-order chi connectivity index (χ0) is 19.8. The van der Waals surface area contributed by atoms with Crippen LogP contribution in [0.5, 0.6) is 0 Å². The molecule has 0 atom stereocenters. The Kier molecular flexibility index (Phi) is 4.97. The number of sulfonamides is 1. The van der Waals surface area contributed by atoms with E-state index >= 15 is 0 Å². The van der Waals surface area contributed by atoms with E-state index in [1.165, 1.54) is 12.3 Å². The van der Waals surface area contributed by atoms with Crippen LogP contribution in [0.1, 0.15) is 25.0 Å². The van der Waals surface area contributed by atoms with Gasteiger partial charge in [-0.15, -0.1) is 0 Å². The molecule has 0 spiro atoms. The summed E-state index contributed by atoms with van der Waals surface area (Å²) in [5.41, 5.74) is 0.993.